The summed E-state index contributed by atoms with van der Waals surface area (Å²) in [6, 6.07) is 9.61. The molecule has 4 N–H and O–H groups in total. The van der Waals surface area contributed by atoms with Crippen LogP contribution in [0.15, 0.2) is 47.5 Å². The molecule has 0 bridgehead atoms. The molecule has 2 aromatic heterocycles. The Bertz CT molecular complexity index is 1250. The number of sulfonamides is 1. The number of hydrogen-bond acceptors (Lipinski definition) is 5. The SMILES string of the molecule is CNC(=O)c1[nH]n(-c2ccc(S(N)(=O)=O)cc2)c2c1ccc1nncc12. The average Bonchev–Trinajstić information content (AvgIpc) is 3.24. The molecule has 0 unspecified atom stereocenters. The summed E-state index contributed by atoms with van der Waals surface area (Å²) in [6.45, 7) is 0. The van der Waals surface area contributed by atoms with Gasteiger partial charge in [0.05, 0.1) is 27.8 Å². The van der Waals surface area contributed by atoms with Gasteiger partial charge in [0.1, 0.15) is 5.69 Å². The lowest BCUT2D eigenvalue weighted by atomic mass is 10.1. The molecular weight excluding hydrogens is 356 g/mol. The second-order valence-electron chi connectivity index (χ2n) is 5.68. The van der Waals surface area contributed by atoms with Gasteiger partial charge in [-0.1, -0.05) is 0 Å². The quantitative estimate of drug-likeness (QED) is 0.492. The third kappa shape index (κ3) is 2.43. The minimum absolute atomic E-state index is 0.00558. The van der Waals surface area contributed by atoms with E-state index in [-0.39, 0.29) is 10.8 Å². The maximum atomic E-state index is 12.2. The molecule has 0 aliphatic carbocycles. The molecule has 10 heteroatoms. The van der Waals surface area contributed by atoms with Crippen molar-refractivity contribution >= 4 is 37.7 Å². The molecule has 0 aliphatic rings. The van der Waals surface area contributed by atoms with Gasteiger partial charge in [-0.25, -0.2) is 13.6 Å². The van der Waals surface area contributed by atoms with Crippen LogP contribution in [-0.2, 0) is 10.0 Å². The number of carbonyl (C=O) groups excluding carboxylic acids is 1. The van der Waals surface area contributed by atoms with Crippen molar-refractivity contribution in [2.45, 2.75) is 4.90 Å². The van der Waals surface area contributed by atoms with Crippen LogP contribution in [0.2, 0.25) is 0 Å². The molecule has 4 rings (SSSR count). The van der Waals surface area contributed by atoms with Crippen LogP contribution < -0.4 is 10.5 Å². The Morgan fingerprint density at radius 3 is 2.54 bits per heavy atom. The molecule has 0 radical (unpaired) electrons. The van der Waals surface area contributed by atoms with Gasteiger partial charge in [0.25, 0.3) is 5.91 Å². The van der Waals surface area contributed by atoms with Crippen LogP contribution in [0.25, 0.3) is 27.5 Å². The van der Waals surface area contributed by atoms with E-state index in [2.05, 4.69) is 20.6 Å². The number of nitrogens with one attached hydrogen (secondary N) is 2. The van der Waals surface area contributed by atoms with E-state index in [0.717, 1.165) is 10.9 Å². The lowest BCUT2D eigenvalue weighted by Crippen LogP contribution is -2.18. The molecule has 26 heavy (non-hydrogen) atoms. The smallest absolute Gasteiger partial charge is 0.269 e. The summed E-state index contributed by atoms with van der Waals surface area (Å²) in [5.74, 6) is -0.276. The first kappa shape index (κ1) is 16.2. The minimum Gasteiger partial charge on any atom is -0.354 e. The Kier molecular flexibility index (Phi) is 3.53. The highest BCUT2D eigenvalue weighted by Gasteiger charge is 2.19. The first-order chi connectivity index (χ1) is 12.4. The van der Waals surface area contributed by atoms with Gasteiger partial charge in [0.2, 0.25) is 10.0 Å². The number of H-pyrrole nitrogens is 1. The number of nitrogens with two attached hydrogens (primary N) is 1. The van der Waals surface area contributed by atoms with Gasteiger partial charge in [-0.05, 0) is 36.4 Å². The summed E-state index contributed by atoms with van der Waals surface area (Å²) < 4.78 is 24.6. The van der Waals surface area contributed by atoms with Crippen molar-refractivity contribution in [3.05, 3.63) is 48.3 Å². The lowest BCUT2D eigenvalue weighted by Gasteiger charge is -2.06. The number of primary sulfonamides is 1. The van der Waals surface area contributed by atoms with Gasteiger partial charge in [-0.2, -0.15) is 10.2 Å². The largest absolute Gasteiger partial charge is 0.354 e. The van der Waals surface area contributed by atoms with Crippen molar-refractivity contribution in [2.75, 3.05) is 7.05 Å². The normalized spacial score (nSPS) is 11.9. The van der Waals surface area contributed by atoms with Gasteiger partial charge in [-0.15, -0.1) is 0 Å². The van der Waals surface area contributed by atoms with E-state index in [0.29, 0.717) is 22.3 Å². The fraction of sp³-hybridized carbons (Fsp3) is 0.0625. The van der Waals surface area contributed by atoms with Crippen molar-refractivity contribution in [2.24, 2.45) is 5.14 Å². The number of aromatic amines is 1. The molecule has 9 nitrogen and oxygen atoms in total. The van der Waals surface area contributed by atoms with Crippen LogP contribution in [0.3, 0.4) is 0 Å². The highest BCUT2D eigenvalue weighted by atomic mass is 32.2. The minimum atomic E-state index is -3.79. The molecule has 132 valence electrons. The van der Waals surface area contributed by atoms with Crippen molar-refractivity contribution in [1.82, 2.24) is 25.3 Å². The fourth-order valence-electron chi connectivity index (χ4n) is 2.91. The predicted molar refractivity (Wildman–Crippen MR) is 95.5 cm³/mol. The zero-order chi connectivity index (χ0) is 18.5. The highest BCUT2D eigenvalue weighted by Crippen LogP contribution is 2.29. The van der Waals surface area contributed by atoms with E-state index in [1.54, 1.807) is 42.2 Å². The number of hydrogen-bond donors (Lipinski definition) is 3. The van der Waals surface area contributed by atoms with Crippen molar-refractivity contribution in [1.29, 1.82) is 0 Å². The van der Waals surface area contributed by atoms with Gasteiger partial charge in [0, 0.05) is 17.8 Å². The Morgan fingerprint density at radius 2 is 1.88 bits per heavy atom. The molecular formula is C16H14N6O3S. The third-order valence-corrected chi connectivity index (χ3v) is 5.07. The van der Waals surface area contributed by atoms with Crippen LogP contribution in [-0.4, -0.2) is 41.4 Å². The summed E-state index contributed by atoms with van der Waals surface area (Å²) in [4.78, 5) is 12.3. The zero-order valence-electron chi connectivity index (χ0n) is 13.6. The van der Waals surface area contributed by atoms with Crippen LogP contribution in [0.4, 0.5) is 0 Å². The maximum absolute atomic E-state index is 12.2. The van der Waals surface area contributed by atoms with Crippen LogP contribution in [0, 0.1) is 0 Å². The third-order valence-electron chi connectivity index (χ3n) is 4.14. The second kappa shape index (κ2) is 5.64. The number of benzene rings is 2. The summed E-state index contributed by atoms with van der Waals surface area (Å²) in [5, 5.41) is 20.3. The van der Waals surface area contributed by atoms with Gasteiger partial charge < -0.3 is 5.32 Å². The molecule has 0 spiro atoms. The number of fused-ring (bicyclic) bond motifs is 3. The predicted octanol–water partition coefficient (Wildman–Crippen LogP) is 0.909. The Hall–Kier alpha value is -3.24. The Morgan fingerprint density at radius 1 is 1.15 bits per heavy atom. The summed E-state index contributed by atoms with van der Waals surface area (Å²) in [6.07, 6.45) is 1.62. The summed E-state index contributed by atoms with van der Waals surface area (Å²) in [5.41, 5.74) is 2.41. The maximum Gasteiger partial charge on any atom is 0.269 e. The number of rotatable bonds is 3. The van der Waals surface area contributed by atoms with Gasteiger partial charge >= 0.3 is 0 Å². The molecule has 0 saturated heterocycles. The van der Waals surface area contributed by atoms with Crippen molar-refractivity contribution in [3.8, 4) is 5.69 Å². The molecule has 0 aliphatic heterocycles. The van der Waals surface area contributed by atoms with E-state index in [4.69, 9.17) is 5.14 Å². The first-order valence-corrected chi connectivity index (χ1v) is 9.15. The summed E-state index contributed by atoms with van der Waals surface area (Å²) in [7, 11) is -2.24. The molecule has 1 amide bonds. The first-order valence-electron chi connectivity index (χ1n) is 7.60. The van der Waals surface area contributed by atoms with E-state index in [1.807, 2.05) is 0 Å². The second-order valence-corrected chi connectivity index (χ2v) is 7.24. The Balaban J connectivity index is 2.02. The zero-order valence-corrected chi connectivity index (χ0v) is 14.4. The Labute approximate surface area is 147 Å². The number of nitrogens with zero attached hydrogens (tertiary/aromatic N) is 3. The molecule has 4 aromatic rings. The van der Waals surface area contributed by atoms with E-state index in [1.165, 1.54) is 12.1 Å². The van der Waals surface area contributed by atoms with E-state index >= 15 is 0 Å². The van der Waals surface area contributed by atoms with Crippen LogP contribution in [0.5, 0.6) is 0 Å². The molecule has 0 saturated carbocycles. The van der Waals surface area contributed by atoms with E-state index in [9.17, 15) is 13.2 Å². The van der Waals surface area contributed by atoms with Crippen LogP contribution >= 0.6 is 0 Å². The van der Waals surface area contributed by atoms with Crippen molar-refractivity contribution < 1.29 is 13.2 Å². The van der Waals surface area contributed by atoms with Gasteiger partial charge in [-0.3, -0.25) is 14.6 Å². The molecule has 2 aromatic carbocycles. The van der Waals surface area contributed by atoms with Crippen LogP contribution in [0.1, 0.15) is 10.5 Å². The molecule has 2 heterocycles. The highest BCUT2D eigenvalue weighted by molar-refractivity contribution is 7.89. The number of aromatic nitrogens is 4. The number of carbonyl (C=O) groups is 1. The number of amides is 1. The standard InChI is InChI=1S/C16H14N6O3S/c1-18-16(23)14-11-6-7-13-12(8-19-20-13)15(11)22(21-14)9-2-4-10(5-3-9)26(17,24)25/h2-8,21H,1H3,(H,18,23)(H2,17,24,25). The molecule has 0 atom stereocenters. The summed E-state index contributed by atoms with van der Waals surface area (Å²) >= 11 is 0. The molecule has 0 fully saturated rings. The topological polar surface area (TPSA) is 136 Å². The fourth-order valence-corrected chi connectivity index (χ4v) is 3.42. The average molecular weight is 370 g/mol. The van der Waals surface area contributed by atoms with E-state index < -0.39 is 10.0 Å². The van der Waals surface area contributed by atoms with Crippen molar-refractivity contribution in [3.63, 3.8) is 0 Å². The van der Waals surface area contributed by atoms with Gasteiger partial charge in [0.15, 0.2) is 0 Å². The lowest BCUT2D eigenvalue weighted by molar-refractivity contribution is 0.0959. The monoisotopic (exact) mass is 370 g/mol.